The highest BCUT2D eigenvalue weighted by Gasteiger charge is 2.19. The lowest BCUT2D eigenvalue weighted by Crippen LogP contribution is -2.18. The molecule has 1 N–H and O–H groups in total. The number of hydrogen-bond acceptors (Lipinski definition) is 4. The van der Waals surface area contributed by atoms with Crippen molar-refractivity contribution in [2.75, 3.05) is 18.5 Å². The van der Waals surface area contributed by atoms with Crippen LogP contribution < -0.4 is 10.1 Å². The van der Waals surface area contributed by atoms with E-state index in [0.717, 1.165) is 23.5 Å². The number of halogens is 1. The summed E-state index contributed by atoms with van der Waals surface area (Å²) in [4.78, 5) is 4.39. The highest BCUT2D eigenvalue weighted by Crippen LogP contribution is 2.38. The normalized spacial score (nSPS) is 13.7. The second-order valence-electron chi connectivity index (χ2n) is 4.59. The Balaban J connectivity index is 1.90. The Morgan fingerprint density at radius 1 is 1.20 bits per heavy atom. The summed E-state index contributed by atoms with van der Waals surface area (Å²) in [6, 6.07) is 10.0. The molecule has 100 valence electrons. The Morgan fingerprint density at radius 3 is 3.10 bits per heavy atom. The third kappa shape index (κ3) is 1.71. The van der Waals surface area contributed by atoms with Crippen molar-refractivity contribution in [3.05, 3.63) is 42.2 Å². The minimum atomic E-state index is -0.340. The van der Waals surface area contributed by atoms with Crippen LogP contribution in [-0.2, 0) is 0 Å². The fourth-order valence-corrected chi connectivity index (χ4v) is 2.35. The summed E-state index contributed by atoms with van der Waals surface area (Å²) >= 11 is 0. The predicted molar refractivity (Wildman–Crippen MR) is 73.4 cm³/mol. The molecule has 1 aromatic heterocycles. The first kappa shape index (κ1) is 11.3. The van der Waals surface area contributed by atoms with Crippen molar-refractivity contribution < 1.29 is 13.5 Å². The molecular formula is C15H11FN2O2. The zero-order chi connectivity index (χ0) is 13.5. The number of nitrogens with one attached hydrogen (secondary N) is 1. The first-order valence-corrected chi connectivity index (χ1v) is 6.37. The minimum absolute atomic E-state index is 0.340. The second-order valence-corrected chi connectivity index (χ2v) is 4.59. The van der Waals surface area contributed by atoms with Gasteiger partial charge in [-0.1, -0.05) is 6.07 Å². The zero-order valence-electron chi connectivity index (χ0n) is 10.5. The molecular weight excluding hydrogens is 259 g/mol. The summed E-state index contributed by atoms with van der Waals surface area (Å²) < 4.78 is 24.5. The molecule has 4 nitrogen and oxygen atoms in total. The first-order chi connectivity index (χ1) is 9.81. The van der Waals surface area contributed by atoms with E-state index >= 15 is 0 Å². The van der Waals surface area contributed by atoms with E-state index in [0.29, 0.717) is 23.6 Å². The van der Waals surface area contributed by atoms with Crippen molar-refractivity contribution in [1.82, 2.24) is 4.98 Å². The monoisotopic (exact) mass is 270 g/mol. The van der Waals surface area contributed by atoms with Gasteiger partial charge < -0.3 is 14.5 Å². The van der Waals surface area contributed by atoms with Gasteiger partial charge >= 0.3 is 0 Å². The summed E-state index contributed by atoms with van der Waals surface area (Å²) in [6.45, 7) is 1.37. The molecule has 0 saturated heterocycles. The van der Waals surface area contributed by atoms with E-state index in [1.165, 1.54) is 12.1 Å². The number of hydrogen-bond donors (Lipinski definition) is 1. The fraction of sp³-hybridized carbons (Fsp3) is 0.133. The first-order valence-electron chi connectivity index (χ1n) is 6.37. The van der Waals surface area contributed by atoms with Crippen LogP contribution in [-0.4, -0.2) is 18.1 Å². The number of ether oxygens (including phenoxy) is 1. The summed E-state index contributed by atoms with van der Waals surface area (Å²) in [5.74, 6) is 0.824. The van der Waals surface area contributed by atoms with Crippen molar-refractivity contribution in [3.8, 4) is 17.2 Å². The van der Waals surface area contributed by atoms with Gasteiger partial charge in [-0.05, 0) is 24.3 Å². The summed E-state index contributed by atoms with van der Waals surface area (Å²) in [6.07, 6.45) is 0. The lowest BCUT2D eigenvalue weighted by molar-refractivity contribution is 0.324. The molecule has 0 fully saturated rings. The van der Waals surface area contributed by atoms with E-state index in [-0.39, 0.29) is 5.82 Å². The third-order valence-electron chi connectivity index (χ3n) is 3.26. The Hall–Kier alpha value is -2.56. The summed E-state index contributed by atoms with van der Waals surface area (Å²) in [5.41, 5.74) is 2.75. The number of oxazole rings is 1. The summed E-state index contributed by atoms with van der Waals surface area (Å²) in [7, 11) is 0. The largest absolute Gasteiger partial charge is 0.489 e. The van der Waals surface area contributed by atoms with Crippen LogP contribution in [0.5, 0.6) is 5.75 Å². The molecule has 0 bridgehead atoms. The molecule has 2 heterocycles. The number of benzene rings is 2. The molecule has 0 atom stereocenters. The van der Waals surface area contributed by atoms with Gasteiger partial charge in [0, 0.05) is 12.6 Å². The van der Waals surface area contributed by atoms with Gasteiger partial charge in [0.1, 0.15) is 17.9 Å². The quantitative estimate of drug-likeness (QED) is 0.735. The number of aromatic nitrogens is 1. The number of anilines is 1. The van der Waals surface area contributed by atoms with Gasteiger partial charge in [0.15, 0.2) is 11.3 Å². The van der Waals surface area contributed by atoms with E-state index in [2.05, 4.69) is 10.3 Å². The molecule has 0 aliphatic carbocycles. The molecule has 3 aromatic rings. The average Bonchev–Trinajstić information content (AvgIpc) is 2.89. The highest BCUT2D eigenvalue weighted by atomic mass is 19.1. The number of nitrogens with zero attached hydrogens (tertiary/aromatic N) is 1. The molecule has 20 heavy (non-hydrogen) atoms. The maximum absolute atomic E-state index is 13.2. The van der Waals surface area contributed by atoms with Gasteiger partial charge in [-0.3, -0.25) is 0 Å². The van der Waals surface area contributed by atoms with Crippen LogP contribution in [0.3, 0.4) is 0 Å². The molecule has 5 heteroatoms. The van der Waals surface area contributed by atoms with Crippen LogP contribution in [0.2, 0.25) is 0 Å². The lowest BCUT2D eigenvalue weighted by atomic mass is 10.1. The van der Waals surface area contributed by atoms with Gasteiger partial charge in [-0.25, -0.2) is 9.37 Å². The Labute approximate surface area is 114 Å². The topological polar surface area (TPSA) is 47.3 Å². The molecule has 4 rings (SSSR count). The molecule has 0 saturated carbocycles. The smallest absolute Gasteiger partial charge is 0.231 e. The van der Waals surface area contributed by atoms with Gasteiger partial charge in [-0.2, -0.15) is 0 Å². The Bertz CT molecular complexity index is 798. The molecule has 1 aliphatic rings. The van der Waals surface area contributed by atoms with Crippen molar-refractivity contribution >= 4 is 16.8 Å². The predicted octanol–water partition coefficient (Wildman–Crippen LogP) is 3.44. The van der Waals surface area contributed by atoms with Crippen LogP contribution in [0.15, 0.2) is 40.8 Å². The maximum Gasteiger partial charge on any atom is 0.231 e. The molecule has 1 aliphatic heterocycles. The van der Waals surface area contributed by atoms with Crippen molar-refractivity contribution in [2.24, 2.45) is 0 Å². The number of rotatable bonds is 1. The van der Waals surface area contributed by atoms with Crippen molar-refractivity contribution in [3.63, 3.8) is 0 Å². The molecule has 0 radical (unpaired) electrons. The van der Waals surface area contributed by atoms with E-state index in [1.54, 1.807) is 6.07 Å². The van der Waals surface area contributed by atoms with E-state index in [4.69, 9.17) is 9.15 Å². The lowest BCUT2D eigenvalue weighted by Gasteiger charge is -2.20. The molecule has 0 amide bonds. The van der Waals surface area contributed by atoms with E-state index in [9.17, 15) is 4.39 Å². The van der Waals surface area contributed by atoms with Crippen LogP contribution in [0.1, 0.15) is 0 Å². The van der Waals surface area contributed by atoms with Crippen molar-refractivity contribution in [2.45, 2.75) is 0 Å². The van der Waals surface area contributed by atoms with Crippen LogP contribution in [0.25, 0.3) is 22.6 Å². The zero-order valence-corrected chi connectivity index (χ0v) is 10.5. The van der Waals surface area contributed by atoms with Gasteiger partial charge in [0.2, 0.25) is 5.89 Å². The second kappa shape index (κ2) is 4.23. The van der Waals surface area contributed by atoms with Crippen LogP contribution in [0, 0.1) is 5.82 Å². The third-order valence-corrected chi connectivity index (χ3v) is 3.26. The standard InChI is InChI=1S/C15H11FN2O2/c16-9-4-5-11-13(8-9)20-15(18-11)10-2-1-3-12-14(10)19-7-6-17-12/h1-5,8,17H,6-7H2. The SMILES string of the molecule is Fc1ccc2nc(-c3cccc4c3OCCN4)oc2c1. The van der Waals surface area contributed by atoms with E-state index < -0.39 is 0 Å². The number of para-hydroxylation sites is 1. The average molecular weight is 270 g/mol. The van der Waals surface area contributed by atoms with Crippen LogP contribution in [0.4, 0.5) is 10.1 Å². The maximum atomic E-state index is 13.2. The van der Waals surface area contributed by atoms with E-state index in [1.807, 2.05) is 18.2 Å². The van der Waals surface area contributed by atoms with Gasteiger partial charge in [0.25, 0.3) is 0 Å². The molecule has 0 spiro atoms. The summed E-state index contributed by atoms with van der Waals surface area (Å²) in [5, 5.41) is 3.26. The Kier molecular flexibility index (Phi) is 2.39. The van der Waals surface area contributed by atoms with Crippen LogP contribution >= 0.6 is 0 Å². The Morgan fingerprint density at radius 2 is 2.15 bits per heavy atom. The fourth-order valence-electron chi connectivity index (χ4n) is 2.35. The van der Waals surface area contributed by atoms with Gasteiger partial charge in [0.05, 0.1) is 11.3 Å². The minimum Gasteiger partial charge on any atom is -0.489 e. The number of fused-ring (bicyclic) bond motifs is 2. The molecule has 2 aromatic carbocycles. The van der Waals surface area contributed by atoms with Gasteiger partial charge in [-0.15, -0.1) is 0 Å². The van der Waals surface area contributed by atoms with Crippen molar-refractivity contribution in [1.29, 1.82) is 0 Å². The highest BCUT2D eigenvalue weighted by molar-refractivity contribution is 5.80. The molecule has 0 unspecified atom stereocenters.